The van der Waals surface area contributed by atoms with E-state index in [1.807, 2.05) is 0 Å². The van der Waals surface area contributed by atoms with E-state index < -0.39 is 32.8 Å². The van der Waals surface area contributed by atoms with E-state index in [1.54, 1.807) is 0 Å². The second kappa shape index (κ2) is 7.62. The van der Waals surface area contributed by atoms with Gasteiger partial charge in [0.25, 0.3) is 0 Å². The van der Waals surface area contributed by atoms with Gasteiger partial charge < -0.3 is 4.74 Å². The van der Waals surface area contributed by atoms with Crippen molar-refractivity contribution >= 4 is 43.8 Å². The Kier molecular flexibility index (Phi) is 5.73. The fourth-order valence-corrected chi connectivity index (χ4v) is 3.23. The van der Waals surface area contributed by atoms with Gasteiger partial charge in [-0.2, -0.15) is 0 Å². The first-order chi connectivity index (χ1) is 12.1. The molecule has 0 aliphatic rings. The number of nitro groups is 1. The lowest BCUT2D eigenvalue weighted by Crippen LogP contribution is -2.24. The summed E-state index contributed by atoms with van der Waals surface area (Å²) in [5.74, 6) is -1.32. The number of nitrogens with one attached hydrogen (secondary N) is 1. The van der Waals surface area contributed by atoms with Gasteiger partial charge in [-0.3, -0.25) is 19.6 Å². The molecule has 0 radical (unpaired) electrons. The summed E-state index contributed by atoms with van der Waals surface area (Å²) in [5, 5.41) is 10.4. The molecule has 1 N–H and O–H groups in total. The van der Waals surface area contributed by atoms with Crippen LogP contribution in [0, 0.1) is 10.1 Å². The Hall–Kier alpha value is -2.79. The molecule has 0 fully saturated rings. The van der Waals surface area contributed by atoms with Gasteiger partial charge in [-0.15, -0.1) is 0 Å². The fraction of sp³-hybridized carbons (Fsp3) is 0.200. The Bertz CT molecular complexity index is 949. The lowest BCUT2D eigenvalue weighted by atomic mass is 10.1. The molecule has 1 atom stereocenters. The van der Waals surface area contributed by atoms with Crippen molar-refractivity contribution < 1.29 is 27.7 Å². The van der Waals surface area contributed by atoms with Crippen LogP contribution in [0.4, 0.5) is 10.7 Å². The van der Waals surface area contributed by atoms with Gasteiger partial charge >= 0.3 is 11.0 Å². The second-order valence-electron chi connectivity index (χ2n) is 5.26. The summed E-state index contributed by atoms with van der Waals surface area (Å²) in [7, 11) is -3.43. The quantitative estimate of drug-likeness (QED) is 0.328. The van der Waals surface area contributed by atoms with E-state index in [9.17, 15) is 28.1 Å². The molecule has 0 spiro atoms. The number of rotatable bonds is 7. The standard InChI is InChI=1S/C15H14N2O7S2/c1-9(24-15(19)12-7-8-13(25-12)17(20)21)14(18)10-3-5-11(6-4-10)16-26(2,22)23/h3-9,16H,1-2H3. The SMILES string of the molecule is CC(OC(=O)c1ccc([N+](=O)[O-])s1)C(=O)c1ccc(NS(C)(=O)=O)cc1. The zero-order valence-corrected chi connectivity index (χ0v) is 15.3. The van der Waals surface area contributed by atoms with Gasteiger partial charge in [0.2, 0.25) is 15.8 Å². The number of carbonyl (C=O) groups is 2. The third-order valence-electron chi connectivity index (χ3n) is 3.10. The van der Waals surface area contributed by atoms with Crippen molar-refractivity contribution in [3.8, 4) is 0 Å². The van der Waals surface area contributed by atoms with E-state index in [4.69, 9.17) is 4.74 Å². The van der Waals surface area contributed by atoms with Crippen LogP contribution in [-0.4, -0.2) is 37.5 Å². The van der Waals surface area contributed by atoms with E-state index in [2.05, 4.69) is 4.72 Å². The molecule has 138 valence electrons. The molecular weight excluding hydrogens is 384 g/mol. The summed E-state index contributed by atoms with van der Waals surface area (Å²) >= 11 is 0.656. The zero-order valence-electron chi connectivity index (χ0n) is 13.7. The Labute approximate surface area is 152 Å². The number of ketones is 1. The molecule has 1 aromatic heterocycles. The number of nitrogens with zero attached hydrogens (tertiary/aromatic N) is 1. The van der Waals surface area contributed by atoms with Crippen molar-refractivity contribution in [3.05, 3.63) is 57.0 Å². The molecule has 0 aliphatic carbocycles. The monoisotopic (exact) mass is 398 g/mol. The van der Waals surface area contributed by atoms with Crippen LogP contribution >= 0.6 is 11.3 Å². The molecule has 0 amide bonds. The molecule has 1 heterocycles. The molecule has 2 rings (SSSR count). The smallest absolute Gasteiger partial charge is 0.349 e. The van der Waals surface area contributed by atoms with Gasteiger partial charge in [-0.05, 0) is 37.3 Å². The molecule has 11 heteroatoms. The third-order valence-corrected chi connectivity index (χ3v) is 4.72. The van der Waals surface area contributed by atoms with Crippen LogP contribution in [0.1, 0.15) is 27.0 Å². The maximum absolute atomic E-state index is 12.3. The van der Waals surface area contributed by atoms with Gasteiger partial charge in [-0.25, -0.2) is 13.2 Å². The number of esters is 1. The van der Waals surface area contributed by atoms with Gasteiger partial charge in [0.15, 0.2) is 6.10 Å². The Morgan fingerprint density at radius 3 is 2.31 bits per heavy atom. The topological polar surface area (TPSA) is 133 Å². The number of thiophene rings is 1. The van der Waals surface area contributed by atoms with E-state index in [-0.39, 0.29) is 15.4 Å². The predicted octanol–water partition coefficient (Wildman–Crippen LogP) is 2.46. The maximum Gasteiger partial charge on any atom is 0.349 e. The molecule has 2 aromatic rings. The number of ether oxygens (including phenoxy) is 1. The van der Waals surface area contributed by atoms with Crippen LogP contribution in [0.3, 0.4) is 0 Å². The highest BCUT2D eigenvalue weighted by Gasteiger charge is 2.23. The fourth-order valence-electron chi connectivity index (χ4n) is 1.96. The Morgan fingerprint density at radius 1 is 1.19 bits per heavy atom. The van der Waals surface area contributed by atoms with Gasteiger partial charge in [0.1, 0.15) is 4.88 Å². The van der Waals surface area contributed by atoms with Gasteiger partial charge in [0, 0.05) is 17.3 Å². The average molecular weight is 398 g/mol. The summed E-state index contributed by atoms with van der Waals surface area (Å²) in [4.78, 5) is 34.3. The third kappa shape index (κ3) is 5.10. The van der Waals surface area contributed by atoms with Crippen LogP contribution in [0.25, 0.3) is 0 Å². The number of sulfonamides is 1. The van der Waals surface area contributed by atoms with Crippen LogP contribution < -0.4 is 4.72 Å². The molecular formula is C15H14N2O7S2. The maximum atomic E-state index is 12.3. The van der Waals surface area contributed by atoms with Crippen molar-refractivity contribution in [2.75, 3.05) is 11.0 Å². The van der Waals surface area contributed by atoms with Gasteiger partial charge in [0.05, 0.1) is 11.2 Å². The minimum Gasteiger partial charge on any atom is -0.450 e. The number of Topliss-reactive ketones (excluding diaryl/α,β-unsaturated/α-hetero) is 1. The number of anilines is 1. The van der Waals surface area contributed by atoms with E-state index in [0.717, 1.165) is 6.26 Å². The van der Waals surface area contributed by atoms with E-state index in [0.29, 0.717) is 17.0 Å². The molecule has 0 saturated carbocycles. The summed E-state index contributed by atoms with van der Waals surface area (Å²) in [6, 6.07) is 8.05. The van der Waals surface area contributed by atoms with Crippen molar-refractivity contribution in [3.63, 3.8) is 0 Å². The van der Waals surface area contributed by atoms with Crippen molar-refractivity contribution in [1.82, 2.24) is 0 Å². The molecule has 9 nitrogen and oxygen atoms in total. The zero-order chi connectivity index (χ0) is 19.5. The minimum atomic E-state index is -3.43. The van der Waals surface area contributed by atoms with Crippen LogP contribution in [0.15, 0.2) is 36.4 Å². The summed E-state index contributed by atoms with van der Waals surface area (Å²) in [6.45, 7) is 1.38. The molecule has 1 aromatic carbocycles. The van der Waals surface area contributed by atoms with E-state index in [1.165, 1.54) is 43.3 Å². The lowest BCUT2D eigenvalue weighted by molar-refractivity contribution is -0.380. The van der Waals surface area contributed by atoms with Crippen molar-refractivity contribution in [2.24, 2.45) is 0 Å². The predicted molar refractivity (Wildman–Crippen MR) is 95.1 cm³/mol. The molecule has 1 unspecified atom stereocenters. The molecule has 0 aliphatic heterocycles. The Balaban J connectivity index is 2.04. The second-order valence-corrected chi connectivity index (χ2v) is 8.07. The first-order valence-corrected chi connectivity index (χ1v) is 9.85. The van der Waals surface area contributed by atoms with Crippen LogP contribution in [-0.2, 0) is 14.8 Å². The van der Waals surface area contributed by atoms with E-state index >= 15 is 0 Å². The van der Waals surface area contributed by atoms with Gasteiger partial charge in [-0.1, -0.05) is 11.3 Å². The molecule has 0 bridgehead atoms. The molecule has 26 heavy (non-hydrogen) atoms. The van der Waals surface area contributed by atoms with Crippen LogP contribution in [0.5, 0.6) is 0 Å². The minimum absolute atomic E-state index is 0.0176. The highest BCUT2D eigenvalue weighted by molar-refractivity contribution is 7.92. The average Bonchev–Trinajstić information content (AvgIpc) is 3.03. The number of benzene rings is 1. The highest BCUT2D eigenvalue weighted by Crippen LogP contribution is 2.25. The molecule has 0 saturated heterocycles. The van der Waals surface area contributed by atoms with Crippen molar-refractivity contribution in [2.45, 2.75) is 13.0 Å². The van der Waals surface area contributed by atoms with Crippen LogP contribution in [0.2, 0.25) is 0 Å². The lowest BCUT2D eigenvalue weighted by Gasteiger charge is -2.12. The first-order valence-electron chi connectivity index (χ1n) is 7.14. The summed E-state index contributed by atoms with van der Waals surface area (Å²) in [6.07, 6.45) is -0.111. The number of carbonyl (C=O) groups excluding carboxylic acids is 2. The normalized spacial score (nSPS) is 12.2. The first kappa shape index (κ1) is 19.5. The highest BCUT2D eigenvalue weighted by atomic mass is 32.2. The largest absolute Gasteiger partial charge is 0.450 e. The summed E-state index contributed by atoms with van der Waals surface area (Å²) in [5.41, 5.74) is 0.515. The number of hydrogen-bond acceptors (Lipinski definition) is 8. The Morgan fingerprint density at radius 2 is 1.81 bits per heavy atom. The summed E-state index contributed by atoms with van der Waals surface area (Å²) < 4.78 is 29.6. The number of hydrogen-bond donors (Lipinski definition) is 1. The van der Waals surface area contributed by atoms with Crippen molar-refractivity contribution in [1.29, 1.82) is 0 Å².